The minimum absolute atomic E-state index is 0.168. The Bertz CT molecular complexity index is 602. The standard InChI is InChI=1S/C19H28N2O4/c1-19(2,3)25-18(24)21-15-9-7-13(8-10-15)12-20-16-6-4-5-14(11-16)17(22)23/h4-6,11,13,15,20H,7-10,12H2,1-3H3,(H,21,24)(H,22,23). The Kier molecular flexibility index (Phi) is 6.28. The van der Waals surface area contributed by atoms with Gasteiger partial charge in [0.2, 0.25) is 0 Å². The Morgan fingerprint density at radius 1 is 1.20 bits per heavy atom. The number of nitrogens with one attached hydrogen (secondary N) is 2. The van der Waals surface area contributed by atoms with Gasteiger partial charge in [0.1, 0.15) is 5.60 Å². The number of hydrogen-bond donors (Lipinski definition) is 3. The van der Waals surface area contributed by atoms with Crippen LogP contribution in [0.2, 0.25) is 0 Å². The summed E-state index contributed by atoms with van der Waals surface area (Å²) in [4.78, 5) is 22.8. The zero-order valence-electron chi connectivity index (χ0n) is 15.2. The molecule has 1 aliphatic rings. The molecular weight excluding hydrogens is 320 g/mol. The monoisotopic (exact) mass is 348 g/mol. The Hall–Kier alpha value is -2.24. The van der Waals surface area contributed by atoms with Crippen molar-refractivity contribution in [3.8, 4) is 0 Å². The number of carbonyl (C=O) groups is 2. The van der Waals surface area contributed by atoms with Crippen LogP contribution < -0.4 is 10.6 Å². The molecule has 138 valence electrons. The van der Waals surface area contributed by atoms with Crippen molar-refractivity contribution in [3.63, 3.8) is 0 Å². The van der Waals surface area contributed by atoms with Crippen LogP contribution in [0.4, 0.5) is 10.5 Å². The van der Waals surface area contributed by atoms with Gasteiger partial charge in [0.15, 0.2) is 0 Å². The molecule has 6 nitrogen and oxygen atoms in total. The van der Waals surface area contributed by atoms with E-state index in [9.17, 15) is 9.59 Å². The Morgan fingerprint density at radius 2 is 1.88 bits per heavy atom. The third-order valence-electron chi connectivity index (χ3n) is 4.27. The van der Waals surface area contributed by atoms with Crippen LogP contribution >= 0.6 is 0 Å². The lowest BCUT2D eigenvalue weighted by Gasteiger charge is -2.30. The lowest BCUT2D eigenvalue weighted by molar-refractivity contribution is 0.0487. The molecule has 25 heavy (non-hydrogen) atoms. The van der Waals surface area contributed by atoms with E-state index in [2.05, 4.69) is 10.6 Å². The smallest absolute Gasteiger partial charge is 0.407 e. The van der Waals surface area contributed by atoms with Gasteiger partial charge in [0.05, 0.1) is 5.56 Å². The summed E-state index contributed by atoms with van der Waals surface area (Å²) in [7, 11) is 0. The maximum Gasteiger partial charge on any atom is 0.407 e. The summed E-state index contributed by atoms with van der Waals surface area (Å²) >= 11 is 0. The Morgan fingerprint density at radius 3 is 2.48 bits per heavy atom. The number of benzene rings is 1. The quantitative estimate of drug-likeness (QED) is 0.751. The third-order valence-corrected chi connectivity index (χ3v) is 4.27. The minimum Gasteiger partial charge on any atom is -0.478 e. The van der Waals surface area contributed by atoms with Gasteiger partial charge in [-0.3, -0.25) is 0 Å². The topological polar surface area (TPSA) is 87.7 Å². The van der Waals surface area contributed by atoms with E-state index in [1.807, 2.05) is 26.8 Å². The molecule has 0 aliphatic heterocycles. The van der Waals surface area contributed by atoms with Crippen LogP contribution in [0.5, 0.6) is 0 Å². The molecule has 0 spiro atoms. The average molecular weight is 348 g/mol. The summed E-state index contributed by atoms with van der Waals surface area (Å²) in [5.74, 6) is -0.400. The maximum absolute atomic E-state index is 11.8. The van der Waals surface area contributed by atoms with Crippen molar-refractivity contribution in [1.29, 1.82) is 0 Å². The summed E-state index contributed by atoms with van der Waals surface area (Å²) in [5.41, 5.74) is 0.638. The van der Waals surface area contributed by atoms with Crippen LogP contribution in [-0.2, 0) is 4.74 Å². The highest BCUT2D eigenvalue weighted by molar-refractivity contribution is 5.88. The van der Waals surface area contributed by atoms with E-state index >= 15 is 0 Å². The van der Waals surface area contributed by atoms with Crippen molar-refractivity contribution in [2.45, 2.75) is 58.1 Å². The van der Waals surface area contributed by atoms with Crippen molar-refractivity contribution >= 4 is 17.7 Å². The van der Waals surface area contributed by atoms with Gasteiger partial charge in [0, 0.05) is 18.3 Å². The summed E-state index contributed by atoms with van der Waals surface area (Å²) in [5, 5.41) is 15.3. The molecule has 1 aromatic carbocycles. The first kappa shape index (κ1) is 19.1. The number of carbonyl (C=O) groups excluding carboxylic acids is 1. The molecule has 3 N–H and O–H groups in total. The van der Waals surface area contributed by atoms with E-state index in [1.165, 1.54) is 0 Å². The van der Waals surface area contributed by atoms with E-state index < -0.39 is 11.6 Å². The van der Waals surface area contributed by atoms with Gasteiger partial charge in [-0.1, -0.05) is 6.07 Å². The number of carboxylic acid groups (broad SMARTS) is 1. The third kappa shape index (κ3) is 6.64. The molecule has 0 saturated heterocycles. The lowest BCUT2D eigenvalue weighted by Crippen LogP contribution is -2.41. The first-order valence-corrected chi connectivity index (χ1v) is 8.79. The normalized spacial score (nSPS) is 20.6. The van der Waals surface area contributed by atoms with Gasteiger partial charge >= 0.3 is 12.1 Å². The van der Waals surface area contributed by atoms with Crippen LogP contribution in [0.15, 0.2) is 24.3 Å². The van der Waals surface area contributed by atoms with Gasteiger partial charge in [-0.05, 0) is 70.6 Å². The number of rotatable bonds is 5. The molecule has 1 aliphatic carbocycles. The zero-order chi connectivity index (χ0) is 18.4. The van der Waals surface area contributed by atoms with Crippen molar-refractivity contribution in [2.24, 2.45) is 5.92 Å². The fourth-order valence-electron chi connectivity index (χ4n) is 3.01. The second-order valence-corrected chi connectivity index (χ2v) is 7.63. The predicted octanol–water partition coefficient (Wildman–Crippen LogP) is 3.88. The number of ether oxygens (including phenoxy) is 1. The molecule has 1 fully saturated rings. The highest BCUT2D eigenvalue weighted by Crippen LogP contribution is 2.25. The highest BCUT2D eigenvalue weighted by atomic mass is 16.6. The van der Waals surface area contributed by atoms with Gasteiger partial charge < -0.3 is 20.5 Å². The van der Waals surface area contributed by atoms with Crippen molar-refractivity contribution in [2.75, 3.05) is 11.9 Å². The molecule has 2 rings (SSSR count). The molecular formula is C19H28N2O4. The fourth-order valence-corrected chi connectivity index (χ4v) is 3.01. The van der Waals surface area contributed by atoms with E-state index in [-0.39, 0.29) is 17.7 Å². The van der Waals surface area contributed by atoms with Gasteiger partial charge in [-0.25, -0.2) is 9.59 Å². The van der Waals surface area contributed by atoms with E-state index in [0.717, 1.165) is 37.9 Å². The van der Waals surface area contributed by atoms with E-state index in [4.69, 9.17) is 9.84 Å². The van der Waals surface area contributed by atoms with Gasteiger partial charge in [0.25, 0.3) is 0 Å². The minimum atomic E-state index is -0.919. The second kappa shape index (κ2) is 8.23. The van der Waals surface area contributed by atoms with E-state index in [0.29, 0.717) is 5.92 Å². The number of amides is 1. The molecule has 1 aromatic rings. The SMILES string of the molecule is CC(C)(C)OC(=O)NC1CCC(CNc2cccc(C(=O)O)c2)CC1. The van der Waals surface area contributed by atoms with Crippen molar-refractivity contribution in [3.05, 3.63) is 29.8 Å². The molecule has 1 saturated carbocycles. The van der Waals surface area contributed by atoms with E-state index in [1.54, 1.807) is 18.2 Å². The fraction of sp³-hybridized carbons (Fsp3) is 0.579. The van der Waals surface area contributed by atoms with Crippen LogP contribution in [0, 0.1) is 5.92 Å². The van der Waals surface area contributed by atoms with Gasteiger partial charge in [-0.2, -0.15) is 0 Å². The molecule has 0 radical (unpaired) electrons. The van der Waals surface area contributed by atoms with Crippen LogP contribution in [0.1, 0.15) is 56.8 Å². The summed E-state index contributed by atoms with van der Waals surface area (Å²) in [6.07, 6.45) is 3.55. The van der Waals surface area contributed by atoms with Crippen molar-refractivity contribution in [1.82, 2.24) is 5.32 Å². The van der Waals surface area contributed by atoms with Crippen LogP contribution in [-0.4, -0.2) is 35.4 Å². The molecule has 0 atom stereocenters. The largest absolute Gasteiger partial charge is 0.478 e. The molecule has 0 unspecified atom stereocenters. The average Bonchev–Trinajstić information content (AvgIpc) is 2.52. The zero-order valence-corrected chi connectivity index (χ0v) is 15.2. The molecule has 6 heteroatoms. The molecule has 0 heterocycles. The lowest BCUT2D eigenvalue weighted by atomic mass is 9.86. The number of anilines is 1. The second-order valence-electron chi connectivity index (χ2n) is 7.63. The first-order valence-electron chi connectivity index (χ1n) is 8.79. The number of alkyl carbamates (subject to hydrolysis) is 1. The maximum atomic E-state index is 11.8. The van der Waals surface area contributed by atoms with Crippen LogP contribution in [0.25, 0.3) is 0 Å². The molecule has 0 aromatic heterocycles. The van der Waals surface area contributed by atoms with Gasteiger partial charge in [-0.15, -0.1) is 0 Å². The summed E-state index contributed by atoms with van der Waals surface area (Å²) in [6, 6.07) is 7.02. The summed E-state index contributed by atoms with van der Waals surface area (Å²) < 4.78 is 5.29. The Balaban J connectivity index is 1.73. The number of hydrogen-bond acceptors (Lipinski definition) is 4. The Labute approximate surface area is 149 Å². The number of aromatic carboxylic acids is 1. The van der Waals surface area contributed by atoms with Crippen molar-refractivity contribution < 1.29 is 19.4 Å². The predicted molar refractivity (Wildman–Crippen MR) is 97.0 cm³/mol. The first-order chi connectivity index (χ1) is 11.7. The van der Waals surface area contributed by atoms with Crippen LogP contribution in [0.3, 0.4) is 0 Å². The number of carboxylic acids is 1. The molecule has 0 bridgehead atoms. The molecule has 1 amide bonds. The highest BCUT2D eigenvalue weighted by Gasteiger charge is 2.24. The summed E-state index contributed by atoms with van der Waals surface area (Å²) in [6.45, 7) is 6.37.